The standard InChI is InChI=1S/C16H14BrFN2/c1-16(11-19,10-12-5-7-13(17)8-6-12)20-15-4-2-3-14(18)9-15/h2-9,20H,10H2,1H3. The lowest BCUT2D eigenvalue weighted by Crippen LogP contribution is -2.35. The highest BCUT2D eigenvalue weighted by Gasteiger charge is 2.24. The first kappa shape index (κ1) is 14.5. The lowest BCUT2D eigenvalue weighted by Gasteiger charge is -2.24. The molecule has 20 heavy (non-hydrogen) atoms. The number of anilines is 1. The summed E-state index contributed by atoms with van der Waals surface area (Å²) in [6, 6.07) is 16.2. The first-order chi connectivity index (χ1) is 9.50. The van der Waals surface area contributed by atoms with Crippen LogP contribution in [0.4, 0.5) is 10.1 Å². The Kier molecular flexibility index (Phi) is 4.41. The molecule has 0 aliphatic carbocycles. The normalized spacial score (nSPS) is 13.3. The Bertz CT molecular complexity index is 634. The molecule has 0 aliphatic heterocycles. The summed E-state index contributed by atoms with van der Waals surface area (Å²) in [7, 11) is 0. The van der Waals surface area contributed by atoms with Gasteiger partial charge < -0.3 is 5.32 Å². The predicted molar refractivity (Wildman–Crippen MR) is 81.9 cm³/mol. The SMILES string of the molecule is CC(C#N)(Cc1ccc(Br)cc1)Nc1cccc(F)c1. The summed E-state index contributed by atoms with van der Waals surface area (Å²) in [5.41, 5.74) is 0.856. The van der Waals surface area contributed by atoms with Crippen molar-refractivity contribution < 1.29 is 4.39 Å². The number of hydrogen-bond donors (Lipinski definition) is 1. The highest BCUT2D eigenvalue weighted by atomic mass is 79.9. The number of rotatable bonds is 4. The van der Waals surface area contributed by atoms with Gasteiger partial charge in [-0.1, -0.05) is 34.1 Å². The summed E-state index contributed by atoms with van der Waals surface area (Å²) >= 11 is 3.38. The van der Waals surface area contributed by atoms with Crippen LogP contribution in [0.25, 0.3) is 0 Å². The molecule has 0 fully saturated rings. The van der Waals surface area contributed by atoms with Gasteiger partial charge in [0.05, 0.1) is 6.07 Å². The summed E-state index contributed by atoms with van der Waals surface area (Å²) in [5, 5.41) is 12.5. The molecule has 0 saturated carbocycles. The van der Waals surface area contributed by atoms with Crippen molar-refractivity contribution in [1.29, 1.82) is 5.26 Å². The van der Waals surface area contributed by atoms with Gasteiger partial charge in [0.2, 0.25) is 0 Å². The number of nitrogens with zero attached hydrogens (tertiary/aromatic N) is 1. The van der Waals surface area contributed by atoms with Gasteiger partial charge in [-0.15, -0.1) is 0 Å². The van der Waals surface area contributed by atoms with E-state index in [9.17, 15) is 9.65 Å². The minimum atomic E-state index is -0.790. The van der Waals surface area contributed by atoms with E-state index in [1.807, 2.05) is 24.3 Å². The Hall–Kier alpha value is -1.86. The Morgan fingerprint density at radius 2 is 1.95 bits per heavy atom. The molecular weight excluding hydrogens is 319 g/mol. The fourth-order valence-corrected chi connectivity index (χ4v) is 2.27. The molecule has 2 aromatic rings. The fourth-order valence-electron chi connectivity index (χ4n) is 2.01. The maximum absolute atomic E-state index is 13.2. The van der Waals surface area contributed by atoms with Crippen molar-refractivity contribution in [2.45, 2.75) is 18.9 Å². The van der Waals surface area contributed by atoms with Crippen LogP contribution in [-0.2, 0) is 6.42 Å². The van der Waals surface area contributed by atoms with E-state index in [1.54, 1.807) is 19.1 Å². The Morgan fingerprint density at radius 3 is 2.55 bits per heavy atom. The second kappa shape index (κ2) is 6.06. The molecule has 0 aliphatic rings. The van der Waals surface area contributed by atoms with Crippen LogP contribution in [0.3, 0.4) is 0 Å². The molecular formula is C16H14BrFN2. The lowest BCUT2D eigenvalue weighted by molar-refractivity contribution is 0.622. The van der Waals surface area contributed by atoms with Gasteiger partial charge in [0.1, 0.15) is 11.4 Å². The van der Waals surface area contributed by atoms with Crippen LogP contribution >= 0.6 is 15.9 Å². The molecule has 0 spiro atoms. The number of hydrogen-bond acceptors (Lipinski definition) is 2. The van der Waals surface area contributed by atoms with Crippen LogP contribution in [0, 0.1) is 17.1 Å². The number of halogens is 2. The number of nitriles is 1. The third-order valence-corrected chi connectivity index (χ3v) is 3.49. The number of benzene rings is 2. The average Bonchev–Trinajstić information content (AvgIpc) is 2.41. The van der Waals surface area contributed by atoms with Gasteiger partial charge in [-0.2, -0.15) is 5.26 Å². The monoisotopic (exact) mass is 332 g/mol. The third-order valence-electron chi connectivity index (χ3n) is 2.96. The van der Waals surface area contributed by atoms with Crippen molar-refractivity contribution in [2.24, 2.45) is 0 Å². The fraction of sp³-hybridized carbons (Fsp3) is 0.188. The Labute approximate surface area is 126 Å². The van der Waals surface area contributed by atoms with Crippen molar-refractivity contribution in [1.82, 2.24) is 0 Å². The molecule has 2 rings (SSSR count). The molecule has 4 heteroatoms. The van der Waals surface area contributed by atoms with Gasteiger partial charge >= 0.3 is 0 Å². The predicted octanol–water partition coefficient (Wildman–Crippen LogP) is 4.53. The lowest BCUT2D eigenvalue weighted by atomic mass is 9.94. The summed E-state index contributed by atoms with van der Waals surface area (Å²) in [6.45, 7) is 1.81. The summed E-state index contributed by atoms with van der Waals surface area (Å²) in [6.07, 6.45) is 0.535. The van der Waals surface area contributed by atoms with Crippen LogP contribution < -0.4 is 5.32 Å². The van der Waals surface area contributed by atoms with Crippen LogP contribution in [0.5, 0.6) is 0 Å². The van der Waals surface area contributed by atoms with E-state index in [1.165, 1.54) is 12.1 Å². The molecule has 0 aromatic heterocycles. The second-order valence-electron chi connectivity index (χ2n) is 4.88. The first-order valence-electron chi connectivity index (χ1n) is 6.20. The van der Waals surface area contributed by atoms with Gasteiger partial charge in [-0.25, -0.2) is 4.39 Å². The van der Waals surface area contributed by atoms with Crippen molar-refractivity contribution in [3.63, 3.8) is 0 Å². The topological polar surface area (TPSA) is 35.8 Å². The molecule has 102 valence electrons. The van der Waals surface area contributed by atoms with E-state index in [-0.39, 0.29) is 5.82 Å². The highest BCUT2D eigenvalue weighted by molar-refractivity contribution is 9.10. The minimum absolute atomic E-state index is 0.320. The first-order valence-corrected chi connectivity index (χ1v) is 6.99. The average molecular weight is 333 g/mol. The molecule has 1 unspecified atom stereocenters. The van der Waals surface area contributed by atoms with Gasteiger partial charge in [0.15, 0.2) is 0 Å². The van der Waals surface area contributed by atoms with Crippen LogP contribution in [0.2, 0.25) is 0 Å². The summed E-state index contributed by atoms with van der Waals surface area (Å²) in [5.74, 6) is -0.320. The molecule has 1 atom stereocenters. The van der Waals surface area contributed by atoms with Crippen molar-refractivity contribution in [3.8, 4) is 6.07 Å². The quantitative estimate of drug-likeness (QED) is 0.893. The molecule has 0 bridgehead atoms. The van der Waals surface area contributed by atoms with E-state index in [0.29, 0.717) is 12.1 Å². The van der Waals surface area contributed by atoms with Crippen LogP contribution in [0.1, 0.15) is 12.5 Å². The zero-order chi connectivity index (χ0) is 14.6. The third kappa shape index (κ3) is 3.82. The zero-order valence-corrected chi connectivity index (χ0v) is 12.6. The Balaban J connectivity index is 2.17. The smallest absolute Gasteiger partial charge is 0.126 e. The van der Waals surface area contributed by atoms with E-state index in [2.05, 4.69) is 27.3 Å². The maximum Gasteiger partial charge on any atom is 0.126 e. The van der Waals surface area contributed by atoms with E-state index in [4.69, 9.17) is 0 Å². The van der Waals surface area contributed by atoms with Gasteiger partial charge in [0, 0.05) is 16.6 Å². The Morgan fingerprint density at radius 1 is 1.25 bits per heavy atom. The molecule has 0 radical (unpaired) electrons. The van der Waals surface area contributed by atoms with Gasteiger partial charge in [-0.3, -0.25) is 0 Å². The van der Waals surface area contributed by atoms with E-state index < -0.39 is 5.54 Å². The molecule has 0 saturated heterocycles. The van der Waals surface area contributed by atoms with Crippen molar-refractivity contribution >= 4 is 21.6 Å². The van der Waals surface area contributed by atoms with Crippen LogP contribution in [-0.4, -0.2) is 5.54 Å². The van der Waals surface area contributed by atoms with E-state index >= 15 is 0 Å². The largest absolute Gasteiger partial charge is 0.367 e. The van der Waals surface area contributed by atoms with Crippen molar-refractivity contribution in [2.75, 3.05) is 5.32 Å². The molecule has 2 aromatic carbocycles. The summed E-state index contributed by atoms with van der Waals surface area (Å²) in [4.78, 5) is 0. The van der Waals surface area contributed by atoms with Gasteiger partial charge in [-0.05, 0) is 42.8 Å². The van der Waals surface area contributed by atoms with Gasteiger partial charge in [0.25, 0.3) is 0 Å². The summed E-state index contributed by atoms with van der Waals surface area (Å²) < 4.78 is 14.2. The highest BCUT2D eigenvalue weighted by Crippen LogP contribution is 2.21. The second-order valence-corrected chi connectivity index (χ2v) is 5.80. The van der Waals surface area contributed by atoms with Crippen molar-refractivity contribution in [3.05, 3.63) is 64.4 Å². The maximum atomic E-state index is 13.2. The zero-order valence-electron chi connectivity index (χ0n) is 11.0. The minimum Gasteiger partial charge on any atom is -0.367 e. The molecule has 1 N–H and O–H groups in total. The van der Waals surface area contributed by atoms with E-state index in [0.717, 1.165) is 10.0 Å². The molecule has 2 nitrogen and oxygen atoms in total. The molecule has 0 heterocycles. The molecule has 0 amide bonds. The number of nitrogens with one attached hydrogen (secondary N) is 1. The van der Waals surface area contributed by atoms with Crippen LogP contribution in [0.15, 0.2) is 53.0 Å².